The normalized spacial score (nSPS) is 14.6. The summed E-state index contributed by atoms with van der Waals surface area (Å²) in [5.41, 5.74) is 8.31. The van der Waals surface area contributed by atoms with E-state index in [0.29, 0.717) is 12.6 Å². The molecular formula is C16H25N3O. The first-order valence-electron chi connectivity index (χ1n) is 7.50. The van der Waals surface area contributed by atoms with Gasteiger partial charge in [0.1, 0.15) is 0 Å². The third-order valence-electron chi connectivity index (χ3n) is 3.73. The summed E-state index contributed by atoms with van der Waals surface area (Å²) in [6.07, 6.45) is 4.79. The molecule has 4 nitrogen and oxygen atoms in total. The molecule has 110 valence electrons. The molecule has 1 fully saturated rings. The average Bonchev–Trinajstić information content (AvgIpc) is 3.22. The number of hydrogen-bond acceptors (Lipinski definition) is 3. The standard InChI is InChI=1S/C16H25N3O/c1-3-4-9-19(14-6-7-14)11-16(20)18-15-8-5-13(17)10-12(15)2/h5,8,10,14H,3-4,6-7,9,11,17H2,1-2H3,(H,18,20). The topological polar surface area (TPSA) is 58.4 Å². The van der Waals surface area contributed by atoms with Crippen LogP contribution in [0.1, 0.15) is 38.2 Å². The molecule has 0 atom stereocenters. The molecule has 1 aromatic rings. The Kier molecular flexibility index (Phi) is 5.01. The second kappa shape index (κ2) is 6.75. The van der Waals surface area contributed by atoms with E-state index in [9.17, 15) is 4.79 Å². The number of carbonyl (C=O) groups is 1. The van der Waals surface area contributed by atoms with Crippen molar-refractivity contribution in [2.75, 3.05) is 24.1 Å². The second-order valence-electron chi connectivity index (χ2n) is 5.68. The molecule has 0 aliphatic heterocycles. The largest absolute Gasteiger partial charge is 0.399 e. The fourth-order valence-corrected chi connectivity index (χ4v) is 2.39. The van der Waals surface area contributed by atoms with E-state index < -0.39 is 0 Å². The molecule has 0 aromatic heterocycles. The number of nitrogens with two attached hydrogens (primary N) is 1. The van der Waals surface area contributed by atoms with Gasteiger partial charge in [-0.05, 0) is 56.5 Å². The van der Waals surface area contributed by atoms with E-state index in [1.807, 2.05) is 25.1 Å². The van der Waals surface area contributed by atoms with E-state index in [4.69, 9.17) is 5.73 Å². The number of aryl methyl sites for hydroxylation is 1. The first-order chi connectivity index (χ1) is 9.60. The van der Waals surface area contributed by atoms with Gasteiger partial charge >= 0.3 is 0 Å². The van der Waals surface area contributed by atoms with Crippen molar-refractivity contribution in [3.63, 3.8) is 0 Å². The van der Waals surface area contributed by atoms with Gasteiger partial charge in [-0.15, -0.1) is 0 Å². The molecule has 1 amide bonds. The molecule has 0 saturated heterocycles. The fourth-order valence-electron chi connectivity index (χ4n) is 2.39. The maximum absolute atomic E-state index is 12.2. The summed E-state index contributed by atoms with van der Waals surface area (Å²) in [5.74, 6) is 0.0703. The van der Waals surface area contributed by atoms with Gasteiger partial charge in [0.2, 0.25) is 5.91 Å². The fraction of sp³-hybridized carbons (Fsp3) is 0.562. The van der Waals surface area contributed by atoms with E-state index in [1.165, 1.54) is 19.3 Å². The molecule has 3 N–H and O–H groups in total. The first kappa shape index (κ1) is 14.9. The van der Waals surface area contributed by atoms with E-state index in [0.717, 1.165) is 29.9 Å². The number of unbranched alkanes of at least 4 members (excludes halogenated alkanes) is 1. The monoisotopic (exact) mass is 275 g/mol. The van der Waals surface area contributed by atoms with E-state index in [1.54, 1.807) is 0 Å². The number of carbonyl (C=O) groups excluding carboxylic acids is 1. The van der Waals surface area contributed by atoms with E-state index in [2.05, 4.69) is 17.1 Å². The highest BCUT2D eigenvalue weighted by Gasteiger charge is 2.29. The van der Waals surface area contributed by atoms with Crippen molar-refractivity contribution in [3.05, 3.63) is 23.8 Å². The molecule has 20 heavy (non-hydrogen) atoms. The Morgan fingerprint density at radius 1 is 1.45 bits per heavy atom. The molecule has 2 rings (SSSR count). The third kappa shape index (κ3) is 4.23. The van der Waals surface area contributed by atoms with E-state index in [-0.39, 0.29) is 5.91 Å². The number of anilines is 2. The maximum atomic E-state index is 12.2. The number of benzene rings is 1. The van der Waals surface area contributed by atoms with Crippen LogP contribution >= 0.6 is 0 Å². The van der Waals surface area contributed by atoms with Crippen LogP contribution in [0.25, 0.3) is 0 Å². The Hall–Kier alpha value is -1.55. The molecule has 1 aliphatic carbocycles. The highest BCUT2D eigenvalue weighted by molar-refractivity contribution is 5.93. The van der Waals surface area contributed by atoms with Crippen molar-refractivity contribution in [1.29, 1.82) is 0 Å². The van der Waals surface area contributed by atoms with Crippen LogP contribution in [0.5, 0.6) is 0 Å². The minimum atomic E-state index is 0.0703. The quantitative estimate of drug-likeness (QED) is 0.752. The lowest BCUT2D eigenvalue weighted by Crippen LogP contribution is -2.35. The van der Waals surface area contributed by atoms with Gasteiger partial charge in [-0.2, -0.15) is 0 Å². The number of hydrogen-bond donors (Lipinski definition) is 2. The lowest BCUT2D eigenvalue weighted by Gasteiger charge is -2.21. The number of amides is 1. The Labute approximate surface area is 121 Å². The zero-order valence-corrected chi connectivity index (χ0v) is 12.5. The molecule has 1 aromatic carbocycles. The average molecular weight is 275 g/mol. The van der Waals surface area contributed by atoms with Crippen molar-refractivity contribution in [2.45, 2.75) is 45.6 Å². The van der Waals surface area contributed by atoms with Gasteiger partial charge in [0, 0.05) is 17.4 Å². The minimum Gasteiger partial charge on any atom is -0.399 e. The van der Waals surface area contributed by atoms with Crippen LogP contribution in [0.2, 0.25) is 0 Å². The second-order valence-corrected chi connectivity index (χ2v) is 5.68. The van der Waals surface area contributed by atoms with Crippen LogP contribution in [0.4, 0.5) is 11.4 Å². The van der Waals surface area contributed by atoms with Crippen LogP contribution in [-0.4, -0.2) is 29.9 Å². The highest BCUT2D eigenvalue weighted by Crippen LogP contribution is 2.27. The number of nitrogens with zero attached hydrogens (tertiary/aromatic N) is 1. The van der Waals surface area contributed by atoms with Crippen LogP contribution < -0.4 is 11.1 Å². The van der Waals surface area contributed by atoms with Crippen molar-refractivity contribution in [3.8, 4) is 0 Å². The summed E-state index contributed by atoms with van der Waals surface area (Å²) in [6, 6.07) is 6.19. The van der Waals surface area contributed by atoms with Gasteiger partial charge in [-0.1, -0.05) is 13.3 Å². The molecule has 0 radical (unpaired) electrons. The summed E-state index contributed by atoms with van der Waals surface area (Å²) in [4.78, 5) is 14.5. The van der Waals surface area contributed by atoms with Crippen molar-refractivity contribution in [2.24, 2.45) is 0 Å². The summed E-state index contributed by atoms with van der Waals surface area (Å²) in [5, 5.41) is 2.99. The Bertz CT molecular complexity index is 469. The van der Waals surface area contributed by atoms with Gasteiger partial charge in [-0.3, -0.25) is 9.69 Å². The van der Waals surface area contributed by atoms with Crippen LogP contribution in [0.3, 0.4) is 0 Å². The van der Waals surface area contributed by atoms with Crippen LogP contribution in [0, 0.1) is 6.92 Å². The SMILES string of the molecule is CCCCN(CC(=O)Nc1ccc(N)cc1C)C1CC1. The molecule has 1 saturated carbocycles. The zero-order valence-electron chi connectivity index (χ0n) is 12.5. The van der Waals surface area contributed by atoms with Crippen LogP contribution in [-0.2, 0) is 4.79 Å². The Morgan fingerprint density at radius 3 is 2.80 bits per heavy atom. The van der Waals surface area contributed by atoms with Gasteiger partial charge in [0.15, 0.2) is 0 Å². The minimum absolute atomic E-state index is 0.0703. The predicted molar refractivity (Wildman–Crippen MR) is 83.7 cm³/mol. The molecular weight excluding hydrogens is 250 g/mol. The zero-order chi connectivity index (χ0) is 14.5. The maximum Gasteiger partial charge on any atom is 0.238 e. The Morgan fingerprint density at radius 2 is 2.20 bits per heavy atom. The first-order valence-corrected chi connectivity index (χ1v) is 7.50. The van der Waals surface area contributed by atoms with Crippen molar-refractivity contribution < 1.29 is 4.79 Å². The molecule has 0 heterocycles. The molecule has 1 aliphatic rings. The number of nitrogen functional groups attached to an aromatic ring is 1. The molecule has 0 unspecified atom stereocenters. The molecule has 0 spiro atoms. The number of rotatable bonds is 7. The smallest absolute Gasteiger partial charge is 0.238 e. The van der Waals surface area contributed by atoms with Gasteiger partial charge in [0.05, 0.1) is 6.54 Å². The Balaban J connectivity index is 1.90. The highest BCUT2D eigenvalue weighted by atomic mass is 16.2. The van der Waals surface area contributed by atoms with Crippen LogP contribution in [0.15, 0.2) is 18.2 Å². The van der Waals surface area contributed by atoms with Crippen molar-refractivity contribution >= 4 is 17.3 Å². The summed E-state index contributed by atoms with van der Waals surface area (Å²) < 4.78 is 0. The predicted octanol–water partition coefficient (Wildman–Crippen LogP) is 2.78. The van der Waals surface area contributed by atoms with Gasteiger partial charge in [0.25, 0.3) is 0 Å². The molecule has 0 bridgehead atoms. The van der Waals surface area contributed by atoms with Crippen molar-refractivity contribution in [1.82, 2.24) is 4.90 Å². The number of nitrogens with one attached hydrogen (secondary N) is 1. The summed E-state index contributed by atoms with van der Waals surface area (Å²) in [7, 11) is 0. The summed E-state index contributed by atoms with van der Waals surface area (Å²) >= 11 is 0. The third-order valence-corrected chi connectivity index (χ3v) is 3.73. The lowest BCUT2D eigenvalue weighted by atomic mass is 10.2. The molecule has 4 heteroatoms. The van der Waals surface area contributed by atoms with Gasteiger partial charge in [-0.25, -0.2) is 0 Å². The summed E-state index contributed by atoms with van der Waals surface area (Å²) in [6.45, 7) is 5.66. The lowest BCUT2D eigenvalue weighted by molar-refractivity contribution is -0.117. The van der Waals surface area contributed by atoms with Gasteiger partial charge < -0.3 is 11.1 Å². The van der Waals surface area contributed by atoms with E-state index >= 15 is 0 Å².